The van der Waals surface area contributed by atoms with Crippen LogP contribution in [0.3, 0.4) is 0 Å². The van der Waals surface area contributed by atoms with Crippen molar-refractivity contribution in [1.29, 1.82) is 0 Å². The molecule has 3 rings (SSSR count). The van der Waals surface area contributed by atoms with Crippen LogP contribution in [0.1, 0.15) is 35.1 Å². The number of nitrogens with zero attached hydrogens (tertiary/aromatic N) is 3. The Balaban J connectivity index is 1.59. The number of aromatic amines is 1. The second-order valence-corrected chi connectivity index (χ2v) is 5.69. The summed E-state index contributed by atoms with van der Waals surface area (Å²) in [5, 5.41) is 10.2. The van der Waals surface area contributed by atoms with Gasteiger partial charge in [-0.25, -0.2) is 4.98 Å². The molecule has 1 saturated carbocycles. The van der Waals surface area contributed by atoms with Crippen LogP contribution < -0.4 is 5.32 Å². The fourth-order valence-electron chi connectivity index (χ4n) is 2.16. The highest BCUT2D eigenvalue weighted by Gasteiger charge is 2.26. The van der Waals surface area contributed by atoms with Crippen molar-refractivity contribution in [3.05, 3.63) is 39.6 Å². The minimum absolute atomic E-state index is 0.175. The molecule has 1 aliphatic rings. The van der Waals surface area contributed by atoms with Gasteiger partial charge in [0.05, 0.1) is 0 Å². The minimum Gasteiger partial charge on any atom is -0.352 e. The van der Waals surface area contributed by atoms with Gasteiger partial charge in [0.2, 0.25) is 0 Å². The van der Waals surface area contributed by atoms with Crippen LogP contribution in [0, 0.1) is 4.77 Å². The van der Waals surface area contributed by atoms with Gasteiger partial charge >= 0.3 is 0 Å². The van der Waals surface area contributed by atoms with Gasteiger partial charge in [-0.05, 0) is 37.2 Å². The molecule has 0 atom stereocenters. The molecule has 1 fully saturated rings. The molecule has 1 aliphatic carbocycles. The fraction of sp³-hybridized carbons (Fsp3) is 0.385. The third-order valence-electron chi connectivity index (χ3n) is 3.31. The van der Waals surface area contributed by atoms with E-state index in [0.29, 0.717) is 34.5 Å². The largest absolute Gasteiger partial charge is 0.352 e. The molecule has 0 aliphatic heterocycles. The molecule has 8 heteroatoms. The zero-order valence-electron chi connectivity index (χ0n) is 11.2. The van der Waals surface area contributed by atoms with Crippen LogP contribution in [0.25, 0.3) is 0 Å². The molecular formula is C13H14ClN5OS. The van der Waals surface area contributed by atoms with Crippen LogP contribution in [0.15, 0.2) is 18.3 Å². The van der Waals surface area contributed by atoms with Gasteiger partial charge in [0, 0.05) is 30.8 Å². The van der Waals surface area contributed by atoms with Crippen molar-refractivity contribution in [3.8, 4) is 0 Å². The van der Waals surface area contributed by atoms with E-state index in [1.807, 2.05) is 4.57 Å². The second kappa shape index (κ2) is 5.95. The van der Waals surface area contributed by atoms with Crippen LogP contribution in [-0.4, -0.2) is 32.2 Å². The first-order chi connectivity index (χ1) is 10.1. The van der Waals surface area contributed by atoms with E-state index >= 15 is 0 Å². The molecule has 1 amide bonds. The number of aromatic nitrogens is 4. The number of nitrogens with one attached hydrogen (secondary N) is 2. The Kier molecular flexibility index (Phi) is 4.03. The van der Waals surface area contributed by atoms with Crippen LogP contribution >= 0.6 is 23.8 Å². The van der Waals surface area contributed by atoms with E-state index in [2.05, 4.69) is 20.5 Å². The van der Waals surface area contributed by atoms with Crippen molar-refractivity contribution in [1.82, 2.24) is 25.1 Å². The molecule has 2 aromatic heterocycles. The number of halogens is 1. The maximum atomic E-state index is 12.0. The molecule has 0 radical (unpaired) electrons. The fourth-order valence-corrected chi connectivity index (χ4v) is 2.63. The lowest BCUT2D eigenvalue weighted by atomic mass is 10.2. The summed E-state index contributed by atoms with van der Waals surface area (Å²) in [5.74, 6) is 0.710. The summed E-state index contributed by atoms with van der Waals surface area (Å²) in [7, 11) is 0. The zero-order chi connectivity index (χ0) is 14.8. The number of hydrogen-bond donors (Lipinski definition) is 2. The van der Waals surface area contributed by atoms with Crippen LogP contribution in [0.4, 0.5) is 0 Å². The Morgan fingerprint density at radius 3 is 3.10 bits per heavy atom. The van der Waals surface area contributed by atoms with Gasteiger partial charge in [-0.2, -0.15) is 5.10 Å². The Morgan fingerprint density at radius 1 is 1.57 bits per heavy atom. The predicted octanol–water partition coefficient (Wildman–Crippen LogP) is 2.30. The molecule has 0 aromatic carbocycles. The van der Waals surface area contributed by atoms with Crippen molar-refractivity contribution < 1.29 is 4.79 Å². The van der Waals surface area contributed by atoms with E-state index < -0.39 is 0 Å². The number of carbonyl (C=O) groups is 1. The quantitative estimate of drug-likeness (QED) is 0.654. The summed E-state index contributed by atoms with van der Waals surface area (Å²) in [6, 6.07) is 3.64. The van der Waals surface area contributed by atoms with E-state index in [1.165, 1.54) is 12.3 Å². The van der Waals surface area contributed by atoms with Gasteiger partial charge in [0.1, 0.15) is 11.0 Å². The smallest absolute Gasteiger partial charge is 0.251 e. The first-order valence-electron chi connectivity index (χ1n) is 6.70. The summed E-state index contributed by atoms with van der Waals surface area (Å²) in [4.78, 5) is 15.8. The summed E-state index contributed by atoms with van der Waals surface area (Å²) in [6.07, 6.45) is 4.43. The van der Waals surface area contributed by atoms with Crippen LogP contribution in [0.5, 0.6) is 0 Å². The van der Waals surface area contributed by atoms with Crippen molar-refractivity contribution in [2.75, 3.05) is 6.54 Å². The van der Waals surface area contributed by atoms with E-state index in [0.717, 1.165) is 18.7 Å². The Bertz CT molecular complexity index is 721. The van der Waals surface area contributed by atoms with Crippen molar-refractivity contribution in [3.63, 3.8) is 0 Å². The van der Waals surface area contributed by atoms with Gasteiger partial charge in [-0.3, -0.25) is 9.89 Å². The average Bonchev–Trinajstić information content (AvgIpc) is 3.23. The third-order valence-corrected chi connectivity index (χ3v) is 3.81. The highest BCUT2D eigenvalue weighted by atomic mass is 35.5. The lowest BCUT2D eigenvalue weighted by Crippen LogP contribution is -2.26. The predicted molar refractivity (Wildman–Crippen MR) is 81.0 cm³/mol. The molecule has 21 heavy (non-hydrogen) atoms. The maximum Gasteiger partial charge on any atom is 0.251 e. The van der Waals surface area contributed by atoms with Gasteiger partial charge in [-0.15, -0.1) is 0 Å². The molecule has 0 unspecified atom stereocenters. The second-order valence-electron chi connectivity index (χ2n) is 4.92. The molecule has 110 valence electrons. The molecule has 0 bridgehead atoms. The monoisotopic (exact) mass is 323 g/mol. The molecule has 0 saturated heterocycles. The SMILES string of the molecule is O=C(NCCc1n[nH]c(=S)n1C1CC1)c1ccnc(Cl)c1. The van der Waals surface area contributed by atoms with Gasteiger partial charge in [-0.1, -0.05) is 11.6 Å². The number of rotatable bonds is 5. The standard InChI is InChI=1S/C13H14ClN5OS/c14-10-7-8(3-5-15-10)12(20)16-6-4-11-17-18-13(21)19(11)9-1-2-9/h3,5,7,9H,1-2,4,6H2,(H,16,20)(H,18,21). The Labute approximate surface area is 131 Å². The highest BCUT2D eigenvalue weighted by Crippen LogP contribution is 2.35. The molecule has 0 spiro atoms. The van der Waals surface area contributed by atoms with Crippen molar-refractivity contribution in [2.24, 2.45) is 0 Å². The van der Waals surface area contributed by atoms with Crippen molar-refractivity contribution >= 4 is 29.7 Å². The molecule has 2 N–H and O–H groups in total. The number of hydrogen-bond acceptors (Lipinski definition) is 4. The summed E-state index contributed by atoms with van der Waals surface area (Å²) in [5.41, 5.74) is 0.496. The number of pyridine rings is 1. The normalized spacial score (nSPS) is 14.1. The molecule has 2 aromatic rings. The average molecular weight is 324 g/mol. The minimum atomic E-state index is -0.175. The van der Waals surface area contributed by atoms with Crippen LogP contribution in [-0.2, 0) is 6.42 Å². The van der Waals surface area contributed by atoms with Gasteiger partial charge in [0.15, 0.2) is 4.77 Å². The van der Waals surface area contributed by atoms with Crippen LogP contribution in [0.2, 0.25) is 5.15 Å². The lowest BCUT2D eigenvalue weighted by Gasteiger charge is -2.07. The van der Waals surface area contributed by atoms with E-state index in [1.54, 1.807) is 6.07 Å². The number of H-pyrrole nitrogens is 1. The topological polar surface area (TPSA) is 75.6 Å². The Hall–Kier alpha value is -1.73. The summed E-state index contributed by atoms with van der Waals surface area (Å²) < 4.78 is 2.70. The summed E-state index contributed by atoms with van der Waals surface area (Å²) >= 11 is 11.0. The van der Waals surface area contributed by atoms with Gasteiger partial charge < -0.3 is 9.88 Å². The van der Waals surface area contributed by atoms with E-state index in [9.17, 15) is 4.79 Å². The Morgan fingerprint density at radius 2 is 2.38 bits per heavy atom. The highest BCUT2D eigenvalue weighted by molar-refractivity contribution is 7.71. The lowest BCUT2D eigenvalue weighted by molar-refractivity contribution is 0.0954. The molecule has 2 heterocycles. The maximum absolute atomic E-state index is 12.0. The van der Waals surface area contributed by atoms with E-state index in [-0.39, 0.29) is 5.91 Å². The third kappa shape index (κ3) is 3.30. The number of carbonyl (C=O) groups excluding carboxylic acids is 1. The molecule has 6 nitrogen and oxygen atoms in total. The number of amides is 1. The van der Waals surface area contributed by atoms with Gasteiger partial charge in [0.25, 0.3) is 5.91 Å². The first kappa shape index (κ1) is 14.2. The summed E-state index contributed by atoms with van der Waals surface area (Å²) in [6.45, 7) is 0.491. The molecular weight excluding hydrogens is 310 g/mol. The van der Waals surface area contributed by atoms with E-state index in [4.69, 9.17) is 23.8 Å². The first-order valence-corrected chi connectivity index (χ1v) is 7.49. The zero-order valence-corrected chi connectivity index (χ0v) is 12.7. The van der Waals surface area contributed by atoms with Crippen molar-refractivity contribution in [2.45, 2.75) is 25.3 Å².